The SMILES string of the molecule is CC1[C@H](N)[C@@H](O)CN1c1cc(-c2n[nH]c3ccc(OC4(C)CC4)cc23)ccn1. The topological polar surface area (TPSA) is 100 Å². The maximum Gasteiger partial charge on any atom is 0.129 e. The minimum atomic E-state index is -0.546. The smallest absolute Gasteiger partial charge is 0.129 e. The van der Waals surface area contributed by atoms with Crippen molar-refractivity contribution >= 4 is 16.7 Å². The number of aliphatic hydroxyl groups is 1. The molecule has 0 amide bonds. The third-order valence-electron chi connectivity index (χ3n) is 6.04. The number of aromatic amines is 1. The van der Waals surface area contributed by atoms with E-state index in [4.69, 9.17) is 10.5 Å². The Balaban J connectivity index is 1.51. The summed E-state index contributed by atoms with van der Waals surface area (Å²) in [7, 11) is 0. The van der Waals surface area contributed by atoms with Gasteiger partial charge in [-0.15, -0.1) is 0 Å². The highest BCUT2D eigenvalue weighted by atomic mass is 16.5. The van der Waals surface area contributed by atoms with Gasteiger partial charge in [0.25, 0.3) is 0 Å². The monoisotopic (exact) mass is 379 g/mol. The van der Waals surface area contributed by atoms with Crippen molar-refractivity contribution in [2.45, 2.75) is 50.5 Å². The molecule has 28 heavy (non-hydrogen) atoms. The number of nitrogens with one attached hydrogen (secondary N) is 1. The van der Waals surface area contributed by atoms with Crippen LogP contribution in [0.5, 0.6) is 5.75 Å². The molecule has 5 rings (SSSR count). The quantitative estimate of drug-likeness (QED) is 0.644. The summed E-state index contributed by atoms with van der Waals surface area (Å²) in [4.78, 5) is 6.55. The second-order valence-corrected chi connectivity index (χ2v) is 8.27. The fourth-order valence-electron chi connectivity index (χ4n) is 3.88. The maximum absolute atomic E-state index is 10.1. The van der Waals surface area contributed by atoms with E-state index >= 15 is 0 Å². The molecular weight excluding hydrogens is 354 g/mol. The van der Waals surface area contributed by atoms with Crippen molar-refractivity contribution in [1.82, 2.24) is 15.2 Å². The zero-order chi connectivity index (χ0) is 19.5. The molecule has 146 valence electrons. The Labute approximate surface area is 163 Å². The first-order valence-electron chi connectivity index (χ1n) is 9.77. The van der Waals surface area contributed by atoms with E-state index in [2.05, 4.69) is 33.1 Å². The average molecular weight is 379 g/mol. The molecule has 4 N–H and O–H groups in total. The minimum Gasteiger partial charge on any atom is -0.488 e. The minimum absolute atomic E-state index is 0.0209. The van der Waals surface area contributed by atoms with Crippen LogP contribution in [0.1, 0.15) is 26.7 Å². The third-order valence-corrected chi connectivity index (χ3v) is 6.04. The van der Waals surface area contributed by atoms with Crippen LogP contribution in [-0.4, -0.2) is 50.6 Å². The number of hydrogen-bond donors (Lipinski definition) is 3. The lowest BCUT2D eigenvalue weighted by Crippen LogP contribution is -2.40. The van der Waals surface area contributed by atoms with E-state index in [0.717, 1.165) is 46.6 Å². The number of hydrogen-bond acceptors (Lipinski definition) is 6. The molecule has 2 aromatic heterocycles. The molecule has 1 aliphatic carbocycles. The lowest BCUT2D eigenvalue weighted by atomic mass is 10.1. The molecule has 2 aliphatic rings. The van der Waals surface area contributed by atoms with Crippen LogP contribution in [-0.2, 0) is 0 Å². The third kappa shape index (κ3) is 2.91. The van der Waals surface area contributed by atoms with Crippen LogP contribution >= 0.6 is 0 Å². The molecule has 2 fully saturated rings. The highest BCUT2D eigenvalue weighted by molar-refractivity contribution is 5.94. The van der Waals surface area contributed by atoms with Crippen molar-refractivity contribution in [3.63, 3.8) is 0 Å². The van der Waals surface area contributed by atoms with Crippen molar-refractivity contribution < 1.29 is 9.84 Å². The number of nitrogens with two attached hydrogens (primary N) is 1. The molecule has 1 saturated carbocycles. The van der Waals surface area contributed by atoms with Gasteiger partial charge in [-0.05, 0) is 57.0 Å². The molecule has 1 saturated heterocycles. The Bertz CT molecular complexity index is 1030. The Morgan fingerprint density at radius 2 is 2.11 bits per heavy atom. The molecule has 1 aromatic carbocycles. The number of nitrogens with zero attached hydrogens (tertiary/aromatic N) is 3. The van der Waals surface area contributed by atoms with Gasteiger partial charge in [0, 0.05) is 29.7 Å². The summed E-state index contributed by atoms with van der Waals surface area (Å²) >= 11 is 0. The largest absolute Gasteiger partial charge is 0.488 e. The zero-order valence-corrected chi connectivity index (χ0v) is 16.1. The summed E-state index contributed by atoms with van der Waals surface area (Å²) in [6.45, 7) is 4.64. The normalized spacial score (nSPS) is 26.0. The van der Waals surface area contributed by atoms with Gasteiger partial charge in [0.1, 0.15) is 22.9 Å². The lowest BCUT2D eigenvalue weighted by Gasteiger charge is -2.24. The van der Waals surface area contributed by atoms with Gasteiger partial charge in [-0.3, -0.25) is 5.10 Å². The van der Waals surface area contributed by atoms with Gasteiger partial charge in [-0.2, -0.15) is 5.10 Å². The molecular formula is C21H25N5O2. The van der Waals surface area contributed by atoms with Crippen LogP contribution in [0.4, 0.5) is 5.82 Å². The number of H-pyrrole nitrogens is 1. The van der Waals surface area contributed by atoms with E-state index in [9.17, 15) is 5.11 Å². The highest BCUT2D eigenvalue weighted by Gasteiger charge is 2.40. The number of β-amino-alcohol motifs (C(OH)–C–C–N with tert-alkyl or cyclic N) is 1. The Hall–Kier alpha value is -2.64. The molecule has 0 radical (unpaired) electrons. The second kappa shape index (κ2) is 6.18. The van der Waals surface area contributed by atoms with Crippen LogP contribution in [0.25, 0.3) is 22.2 Å². The second-order valence-electron chi connectivity index (χ2n) is 8.27. The van der Waals surface area contributed by atoms with Gasteiger partial charge in [0.15, 0.2) is 0 Å². The van der Waals surface area contributed by atoms with Crippen molar-refractivity contribution in [2.75, 3.05) is 11.4 Å². The molecule has 0 bridgehead atoms. The first-order valence-corrected chi connectivity index (χ1v) is 9.77. The maximum atomic E-state index is 10.1. The lowest BCUT2D eigenvalue weighted by molar-refractivity contribution is 0.175. The van der Waals surface area contributed by atoms with E-state index in [1.54, 1.807) is 6.20 Å². The van der Waals surface area contributed by atoms with Gasteiger partial charge in [0.05, 0.1) is 17.7 Å². The Kier molecular flexibility index (Phi) is 3.86. The van der Waals surface area contributed by atoms with E-state index in [0.29, 0.717) is 6.54 Å². The van der Waals surface area contributed by atoms with Gasteiger partial charge >= 0.3 is 0 Å². The zero-order valence-electron chi connectivity index (χ0n) is 16.1. The van der Waals surface area contributed by atoms with Gasteiger partial charge in [-0.25, -0.2) is 4.98 Å². The number of ether oxygens (including phenoxy) is 1. The Morgan fingerprint density at radius 3 is 2.82 bits per heavy atom. The van der Waals surface area contributed by atoms with Gasteiger partial charge in [-0.1, -0.05) is 0 Å². The fraction of sp³-hybridized carbons (Fsp3) is 0.429. The number of anilines is 1. The number of benzene rings is 1. The first-order chi connectivity index (χ1) is 13.4. The molecule has 3 aromatic rings. The number of rotatable bonds is 4. The van der Waals surface area contributed by atoms with Crippen molar-refractivity contribution in [3.05, 3.63) is 36.5 Å². The average Bonchev–Trinajstić information content (AvgIpc) is 3.17. The molecule has 0 spiro atoms. The highest BCUT2D eigenvalue weighted by Crippen LogP contribution is 2.40. The van der Waals surface area contributed by atoms with Crippen LogP contribution in [0.3, 0.4) is 0 Å². The van der Waals surface area contributed by atoms with Crippen molar-refractivity contribution in [1.29, 1.82) is 0 Å². The van der Waals surface area contributed by atoms with Crippen molar-refractivity contribution in [3.8, 4) is 17.0 Å². The van der Waals surface area contributed by atoms with E-state index in [1.165, 1.54) is 0 Å². The molecule has 3 heterocycles. The molecule has 7 heteroatoms. The van der Waals surface area contributed by atoms with E-state index in [-0.39, 0.29) is 17.7 Å². The van der Waals surface area contributed by atoms with Crippen LogP contribution < -0.4 is 15.4 Å². The van der Waals surface area contributed by atoms with Gasteiger partial charge in [0.2, 0.25) is 0 Å². The van der Waals surface area contributed by atoms with Crippen LogP contribution in [0, 0.1) is 0 Å². The number of pyridine rings is 1. The summed E-state index contributed by atoms with van der Waals surface area (Å²) in [6.07, 6.45) is 3.42. The standard InChI is InChI=1S/C21H25N5O2/c1-12-19(22)17(27)11-26(12)18-9-13(5-8-23-18)20-15-10-14(28-21(2)6-7-21)3-4-16(15)24-25-20/h3-5,8-10,12,17,19,27H,6-7,11,22H2,1-2H3,(H,24,25)/t12?,17-,19-/m0/s1. The van der Waals surface area contributed by atoms with Crippen LogP contribution in [0.15, 0.2) is 36.5 Å². The predicted molar refractivity (Wildman–Crippen MR) is 108 cm³/mol. The summed E-state index contributed by atoms with van der Waals surface area (Å²) in [5.74, 6) is 1.66. The number of fused-ring (bicyclic) bond motifs is 1. The molecule has 1 aliphatic heterocycles. The molecule has 7 nitrogen and oxygen atoms in total. The van der Waals surface area contributed by atoms with E-state index in [1.807, 2.05) is 31.2 Å². The Morgan fingerprint density at radius 1 is 1.29 bits per heavy atom. The summed E-state index contributed by atoms with van der Waals surface area (Å²) < 4.78 is 6.12. The number of aromatic nitrogens is 3. The molecule has 1 unspecified atom stereocenters. The first kappa shape index (κ1) is 17.5. The summed E-state index contributed by atoms with van der Waals surface area (Å²) in [5.41, 5.74) is 8.85. The fourth-order valence-corrected chi connectivity index (χ4v) is 3.88. The predicted octanol–water partition coefficient (Wildman–Crippen LogP) is 2.45. The van der Waals surface area contributed by atoms with Gasteiger partial charge < -0.3 is 20.5 Å². The summed E-state index contributed by atoms with van der Waals surface area (Å²) in [6, 6.07) is 9.75. The van der Waals surface area contributed by atoms with Crippen molar-refractivity contribution in [2.24, 2.45) is 5.73 Å². The van der Waals surface area contributed by atoms with Crippen LogP contribution in [0.2, 0.25) is 0 Å². The summed E-state index contributed by atoms with van der Waals surface area (Å²) in [5, 5.41) is 18.8. The number of aliphatic hydroxyl groups excluding tert-OH is 1. The molecule has 3 atom stereocenters. The van der Waals surface area contributed by atoms with E-state index < -0.39 is 6.10 Å².